The molecule has 2 N–H and O–H groups in total. The van der Waals surface area contributed by atoms with E-state index < -0.39 is 0 Å². The molecule has 0 unspecified atom stereocenters. The summed E-state index contributed by atoms with van der Waals surface area (Å²) in [6.07, 6.45) is 4.67. The van der Waals surface area contributed by atoms with Gasteiger partial charge >= 0.3 is 0 Å². The van der Waals surface area contributed by atoms with Crippen LogP contribution < -0.4 is 5.32 Å². The lowest BCUT2D eigenvalue weighted by molar-refractivity contribution is 0.142. The number of ether oxygens (including phenoxy) is 1. The molecular weight excluding hydrogens is 216 g/mol. The summed E-state index contributed by atoms with van der Waals surface area (Å²) in [5.41, 5.74) is 1.01. The number of H-pyrrole nitrogens is 1. The number of aryl methyl sites for hydroxylation is 1. The van der Waals surface area contributed by atoms with Gasteiger partial charge in [0.2, 0.25) is 0 Å². The second-order valence-corrected chi connectivity index (χ2v) is 3.61. The SMILES string of the molecule is CC#CCCOCCNCCCc1c[nH]nn1. The Morgan fingerprint density at radius 3 is 3.12 bits per heavy atom. The van der Waals surface area contributed by atoms with Gasteiger partial charge in [-0.15, -0.1) is 16.9 Å². The van der Waals surface area contributed by atoms with E-state index in [1.54, 1.807) is 0 Å². The molecule has 0 saturated carbocycles. The van der Waals surface area contributed by atoms with E-state index in [2.05, 4.69) is 32.6 Å². The average molecular weight is 236 g/mol. The molecule has 0 radical (unpaired) electrons. The van der Waals surface area contributed by atoms with Crippen LogP contribution in [0.15, 0.2) is 6.20 Å². The van der Waals surface area contributed by atoms with Crippen LogP contribution in [0.1, 0.15) is 25.5 Å². The fourth-order valence-corrected chi connectivity index (χ4v) is 1.36. The van der Waals surface area contributed by atoms with Crippen molar-refractivity contribution in [3.8, 4) is 11.8 Å². The largest absolute Gasteiger partial charge is 0.379 e. The number of hydrogen-bond donors (Lipinski definition) is 2. The second kappa shape index (κ2) is 9.82. The van der Waals surface area contributed by atoms with Crippen molar-refractivity contribution in [3.05, 3.63) is 11.9 Å². The first kappa shape index (κ1) is 13.7. The highest BCUT2D eigenvalue weighted by Gasteiger charge is 1.95. The van der Waals surface area contributed by atoms with E-state index in [0.29, 0.717) is 0 Å². The third-order valence-corrected chi connectivity index (χ3v) is 2.23. The number of rotatable bonds is 9. The molecule has 5 heteroatoms. The Hall–Kier alpha value is -1.38. The van der Waals surface area contributed by atoms with Crippen LogP contribution in [-0.4, -0.2) is 41.7 Å². The summed E-state index contributed by atoms with van der Waals surface area (Å²) in [5.74, 6) is 5.80. The van der Waals surface area contributed by atoms with Crippen LogP contribution >= 0.6 is 0 Å². The molecule has 0 atom stereocenters. The van der Waals surface area contributed by atoms with Crippen LogP contribution in [0.25, 0.3) is 0 Å². The van der Waals surface area contributed by atoms with E-state index in [9.17, 15) is 0 Å². The lowest BCUT2D eigenvalue weighted by Gasteiger charge is -2.04. The Morgan fingerprint density at radius 2 is 2.35 bits per heavy atom. The van der Waals surface area contributed by atoms with Crippen molar-refractivity contribution in [1.29, 1.82) is 0 Å². The Kier molecular flexibility index (Phi) is 7.90. The highest BCUT2D eigenvalue weighted by atomic mass is 16.5. The van der Waals surface area contributed by atoms with E-state index in [0.717, 1.165) is 51.3 Å². The summed E-state index contributed by atoms with van der Waals surface area (Å²) in [6, 6.07) is 0. The lowest BCUT2D eigenvalue weighted by atomic mass is 10.2. The molecule has 0 aliphatic rings. The van der Waals surface area contributed by atoms with E-state index in [1.165, 1.54) is 0 Å². The standard InChI is InChI=1S/C12H20N4O/c1-2-3-4-9-17-10-8-13-7-5-6-12-11-14-16-15-12/h11,13H,4-10H2,1H3,(H,14,15,16). The van der Waals surface area contributed by atoms with Crippen LogP contribution in [0.5, 0.6) is 0 Å². The highest BCUT2D eigenvalue weighted by Crippen LogP contribution is 1.93. The monoisotopic (exact) mass is 236 g/mol. The zero-order valence-corrected chi connectivity index (χ0v) is 10.3. The van der Waals surface area contributed by atoms with Crippen LogP contribution in [0, 0.1) is 11.8 Å². The van der Waals surface area contributed by atoms with Crippen LogP contribution in [0.4, 0.5) is 0 Å². The van der Waals surface area contributed by atoms with Gasteiger partial charge in [-0.05, 0) is 26.3 Å². The summed E-state index contributed by atoms with van der Waals surface area (Å²) in [7, 11) is 0. The van der Waals surface area contributed by atoms with Gasteiger partial charge in [0.15, 0.2) is 0 Å². The maximum atomic E-state index is 5.40. The van der Waals surface area contributed by atoms with Gasteiger partial charge in [0.05, 0.1) is 18.9 Å². The Morgan fingerprint density at radius 1 is 1.41 bits per heavy atom. The molecule has 1 heterocycles. The molecule has 1 rings (SSSR count). The molecule has 1 aromatic rings. The van der Waals surface area contributed by atoms with E-state index in [4.69, 9.17) is 4.74 Å². The van der Waals surface area contributed by atoms with Crippen molar-refractivity contribution in [2.45, 2.75) is 26.2 Å². The summed E-state index contributed by atoms with van der Waals surface area (Å²) < 4.78 is 5.40. The fourth-order valence-electron chi connectivity index (χ4n) is 1.36. The second-order valence-electron chi connectivity index (χ2n) is 3.61. The summed E-state index contributed by atoms with van der Waals surface area (Å²) in [4.78, 5) is 0. The molecule has 5 nitrogen and oxygen atoms in total. The van der Waals surface area contributed by atoms with Crippen LogP contribution in [0.2, 0.25) is 0 Å². The van der Waals surface area contributed by atoms with Crippen molar-refractivity contribution in [3.63, 3.8) is 0 Å². The van der Waals surface area contributed by atoms with Gasteiger partial charge in [-0.3, -0.25) is 5.10 Å². The van der Waals surface area contributed by atoms with Gasteiger partial charge in [-0.2, -0.15) is 0 Å². The Balaban J connectivity index is 1.79. The molecular formula is C12H20N4O. The average Bonchev–Trinajstić information content (AvgIpc) is 2.85. The predicted octanol–water partition coefficient (Wildman–Crippen LogP) is 0.757. The highest BCUT2D eigenvalue weighted by molar-refractivity contribution is 4.94. The topological polar surface area (TPSA) is 62.8 Å². The van der Waals surface area contributed by atoms with Crippen molar-refractivity contribution < 1.29 is 4.74 Å². The normalized spacial score (nSPS) is 9.94. The van der Waals surface area contributed by atoms with Crippen molar-refractivity contribution in [2.24, 2.45) is 0 Å². The van der Waals surface area contributed by atoms with Crippen molar-refractivity contribution >= 4 is 0 Å². The summed E-state index contributed by atoms with van der Waals surface area (Å²) in [5, 5.41) is 13.6. The molecule has 17 heavy (non-hydrogen) atoms. The zero-order chi connectivity index (χ0) is 12.2. The number of aromatic nitrogens is 3. The molecule has 1 aromatic heterocycles. The number of nitrogens with zero attached hydrogens (tertiary/aromatic N) is 2. The lowest BCUT2D eigenvalue weighted by Crippen LogP contribution is -2.21. The first-order chi connectivity index (χ1) is 8.43. The number of aromatic amines is 1. The zero-order valence-electron chi connectivity index (χ0n) is 10.3. The van der Waals surface area contributed by atoms with Crippen LogP contribution in [0.3, 0.4) is 0 Å². The summed E-state index contributed by atoms with van der Waals surface area (Å²) >= 11 is 0. The minimum atomic E-state index is 0.724. The number of nitrogens with one attached hydrogen (secondary N) is 2. The first-order valence-corrected chi connectivity index (χ1v) is 5.97. The van der Waals surface area contributed by atoms with Crippen LogP contribution in [-0.2, 0) is 11.2 Å². The Bertz CT molecular complexity index is 326. The smallest absolute Gasteiger partial charge is 0.0824 e. The molecule has 0 aliphatic carbocycles. The minimum Gasteiger partial charge on any atom is -0.379 e. The molecule has 94 valence electrons. The molecule has 0 bridgehead atoms. The van der Waals surface area contributed by atoms with Gasteiger partial charge in [0.1, 0.15) is 0 Å². The first-order valence-electron chi connectivity index (χ1n) is 5.97. The van der Waals surface area contributed by atoms with Gasteiger partial charge in [0.25, 0.3) is 0 Å². The predicted molar refractivity (Wildman–Crippen MR) is 66.5 cm³/mol. The molecule has 0 amide bonds. The fraction of sp³-hybridized carbons (Fsp3) is 0.667. The van der Waals surface area contributed by atoms with E-state index >= 15 is 0 Å². The van der Waals surface area contributed by atoms with Gasteiger partial charge in [0, 0.05) is 19.2 Å². The maximum absolute atomic E-state index is 5.40. The molecule has 0 aliphatic heterocycles. The van der Waals surface area contributed by atoms with Crippen molar-refractivity contribution in [1.82, 2.24) is 20.7 Å². The van der Waals surface area contributed by atoms with Gasteiger partial charge < -0.3 is 10.1 Å². The van der Waals surface area contributed by atoms with Gasteiger partial charge in [-0.1, -0.05) is 5.21 Å². The third-order valence-electron chi connectivity index (χ3n) is 2.23. The third kappa shape index (κ3) is 7.50. The molecule has 0 saturated heterocycles. The molecule has 0 spiro atoms. The van der Waals surface area contributed by atoms with Crippen molar-refractivity contribution in [2.75, 3.05) is 26.3 Å². The van der Waals surface area contributed by atoms with Gasteiger partial charge in [-0.25, -0.2) is 0 Å². The Labute approximate surface area is 102 Å². The maximum Gasteiger partial charge on any atom is 0.0824 e. The molecule has 0 aromatic carbocycles. The quantitative estimate of drug-likeness (QED) is 0.491. The van der Waals surface area contributed by atoms with E-state index in [1.807, 2.05) is 13.1 Å². The number of hydrogen-bond acceptors (Lipinski definition) is 4. The van der Waals surface area contributed by atoms with E-state index in [-0.39, 0.29) is 0 Å². The molecule has 0 fully saturated rings. The minimum absolute atomic E-state index is 0.724. The summed E-state index contributed by atoms with van der Waals surface area (Å²) in [6.45, 7) is 5.18.